The Morgan fingerprint density at radius 3 is 2.85 bits per heavy atom. The number of methoxy groups -OCH3 is 2. The second-order valence-corrected chi connectivity index (χ2v) is 8.04. The molecular formula is C24H26N6O4. The van der Waals surface area contributed by atoms with E-state index in [0.29, 0.717) is 66.5 Å². The monoisotopic (exact) mass is 462 g/mol. The number of imidazole rings is 1. The molecule has 2 amide bonds. The number of aromatic nitrogens is 3. The molecule has 1 aromatic carbocycles. The molecule has 0 saturated carbocycles. The van der Waals surface area contributed by atoms with Crippen molar-refractivity contribution in [3.8, 4) is 6.07 Å². The molecule has 10 heteroatoms. The van der Waals surface area contributed by atoms with E-state index in [-0.39, 0.29) is 17.9 Å². The number of hydrogen-bond acceptors (Lipinski definition) is 7. The number of nitriles is 1. The molecule has 176 valence electrons. The van der Waals surface area contributed by atoms with Gasteiger partial charge in [0.25, 0.3) is 11.8 Å². The van der Waals surface area contributed by atoms with Gasteiger partial charge in [-0.15, -0.1) is 0 Å². The van der Waals surface area contributed by atoms with E-state index < -0.39 is 0 Å². The predicted molar refractivity (Wildman–Crippen MR) is 124 cm³/mol. The van der Waals surface area contributed by atoms with Crippen LogP contribution in [0.15, 0.2) is 36.5 Å². The standard InChI is InChI=1S/C24H26N6O4/c1-33-10-4-8-30-21-20(12-18(14-26-21)23(32)29-9-7-19(15-29)34-2)27-24(30)28-22(31)17-6-3-5-16(11-17)13-25/h3,5-6,11-12,14,19H,4,7-10,15H2,1-2H3,(H,27,28,31). The number of nitrogens with zero attached hydrogens (tertiary/aromatic N) is 5. The van der Waals surface area contributed by atoms with E-state index in [1.54, 1.807) is 54.1 Å². The van der Waals surface area contributed by atoms with E-state index in [9.17, 15) is 9.59 Å². The normalized spacial score (nSPS) is 15.4. The Balaban J connectivity index is 1.63. The van der Waals surface area contributed by atoms with Crippen molar-refractivity contribution in [3.05, 3.63) is 53.2 Å². The predicted octanol–water partition coefficient (Wildman–Crippen LogP) is 2.45. The second kappa shape index (κ2) is 10.4. The quantitative estimate of drug-likeness (QED) is 0.510. The van der Waals surface area contributed by atoms with Gasteiger partial charge in [0.15, 0.2) is 5.65 Å². The third-order valence-electron chi connectivity index (χ3n) is 5.81. The first-order valence-corrected chi connectivity index (χ1v) is 11.0. The molecule has 0 radical (unpaired) electrons. The van der Waals surface area contributed by atoms with E-state index in [1.165, 1.54) is 6.07 Å². The highest BCUT2D eigenvalue weighted by atomic mass is 16.5. The van der Waals surface area contributed by atoms with Crippen LogP contribution in [-0.4, -0.2) is 71.3 Å². The number of pyridine rings is 1. The second-order valence-electron chi connectivity index (χ2n) is 8.04. The number of amides is 2. The Morgan fingerprint density at radius 2 is 2.12 bits per heavy atom. The van der Waals surface area contributed by atoms with Crippen LogP contribution in [-0.2, 0) is 16.0 Å². The van der Waals surface area contributed by atoms with Crippen molar-refractivity contribution in [1.29, 1.82) is 5.26 Å². The molecule has 1 fully saturated rings. The van der Waals surface area contributed by atoms with Gasteiger partial charge in [0, 0.05) is 52.2 Å². The first-order valence-electron chi connectivity index (χ1n) is 11.0. The number of carbonyl (C=O) groups excluding carboxylic acids is 2. The van der Waals surface area contributed by atoms with Crippen LogP contribution in [0.25, 0.3) is 11.2 Å². The SMILES string of the molecule is COCCCn1c(NC(=O)c2cccc(C#N)c2)nc2cc(C(=O)N3CCC(OC)C3)cnc21. The molecule has 10 nitrogen and oxygen atoms in total. The number of hydrogen-bond donors (Lipinski definition) is 1. The number of aryl methyl sites for hydroxylation is 1. The molecule has 1 aliphatic heterocycles. The van der Waals surface area contributed by atoms with Crippen molar-refractivity contribution in [2.24, 2.45) is 0 Å². The largest absolute Gasteiger partial charge is 0.385 e. The highest BCUT2D eigenvalue weighted by Gasteiger charge is 2.27. The lowest BCUT2D eigenvalue weighted by Gasteiger charge is -2.16. The maximum atomic E-state index is 13.0. The number of anilines is 1. The molecule has 34 heavy (non-hydrogen) atoms. The van der Waals surface area contributed by atoms with Gasteiger partial charge in [0.05, 0.1) is 23.3 Å². The number of benzene rings is 1. The van der Waals surface area contributed by atoms with Crippen LogP contribution in [0.5, 0.6) is 0 Å². The molecule has 1 atom stereocenters. The van der Waals surface area contributed by atoms with E-state index in [1.807, 2.05) is 6.07 Å². The molecule has 3 heterocycles. The van der Waals surface area contributed by atoms with Crippen LogP contribution in [0.3, 0.4) is 0 Å². The van der Waals surface area contributed by atoms with Crippen LogP contribution in [0.2, 0.25) is 0 Å². The van der Waals surface area contributed by atoms with E-state index in [2.05, 4.69) is 15.3 Å². The number of ether oxygens (including phenoxy) is 2. The average Bonchev–Trinajstić information content (AvgIpc) is 3.48. The van der Waals surface area contributed by atoms with Crippen LogP contribution >= 0.6 is 0 Å². The van der Waals surface area contributed by atoms with Crippen LogP contribution < -0.4 is 5.32 Å². The zero-order valence-corrected chi connectivity index (χ0v) is 19.2. The molecule has 1 saturated heterocycles. The van der Waals surface area contributed by atoms with Crippen LogP contribution in [0.1, 0.15) is 39.1 Å². The molecule has 1 N–H and O–H groups in total. The fraction of sp³-hybridized carbons (Fsp3) is 0.375. The van der Waals surface area contributed by atoms with Gasteiger partial charge >= 0.3 is 0 Å². The minimum absolute atomic E-state index is 0.0435. The van der Waals surface area contributed by atoms with Gasteiger partial charge in [-0.3, -0.25) is 19.5 Å². The maximum Gasteiger partial charge on any atom is 0.258 e. The molecule has 1 unspecified atom stereocenters. The number of carbonyl (C=O) groups is 2. The average molecular weight is 463 g/mol. The third kappa shape index (κ3) is 4.90. The lowest BCUT2D eigenvalue weighted by Crippen LogP contribution is -2.30. The lowest BCUT2D eigenvalue weighted by molar-refractivity contribution is 0.0724. The Morgan fingerprint density at radius 1 is 1.26 bits per heavy atom. The Kier molecular flexibility index (Phi) is 7.15. The van der Waals surface area contributed by atoms with Gasteiger partial charge in [-0.2, -0.15) is 5.26 Å². The Bertz CT molecular complexity index is 1250. The van der Waals surface area contributed by atoms with Crippen molar-refractivity contribution in [2.75, 3.05) is 39.2 Å². The van der Waals surface area contributed by atoms with E-state index in [4.69, 9.17) is 14.7 Å². The van der Waals surface area contributed by atoms with Gasteiger partial charge < -0.3 is 14.4 Å². The summed E-state index contributed by atoms with van der Waals surface area (Å²) in [5.41, 5.74) is 2.24. The summed E-state index contributed by atoms with van der Waals surface area (Å²) < 4.78 is 12.3. The zero-order chi connectivity index (χ0) is 24.1. The molecule has 3 aromatic rings. The fourth-order valence-corrected chi connectivity index (χ4v) is 3.99. The minimum Gasteiger partial charge on any atom is -0.385 e. The van der Waals surface area contributed by atoms with Crippen molar-refractivity contribution < 1.29 is 19.1 Å². The first kappa shape index (κ1) is 23.4. The summed E-state index contributed by atoms with van der Waals surface area (Å²) in [4.78, 5) is 36.6. The number of nitrogens with one attached hydrogen (secondary N) is 1. The van der Waals surface area contributed by atoms with Crippen molar-refractivity contribution in [1.82, 2.24) is 19.4 Å². The highest BCUT2D eigenvalue weighted by Crippen LogP contribution is 2.22. The first-order chi connectivity index (χ1) is 16.5. The summed E-state index contributed by atoms with van der Waals surface area (Å²) in [7, 11) is 3.27. The lowest BCUT2D eigenvalue weighted by atomic mass is 10.1. The number of likely N-dealkylation sites (tertiary alicyclic amines) is 1. The van der Waals surface area contributed by atoms with Crippen LogP contribution in [0.4, 0.5) is 5.95 Å². The number of rotatable bonds is 8. The number of fused-ring (bicyclic) bond motifs is 1. The van der Waals surface area contributed by atoms with Gasteiger partial charge in [0.1, 0.15) is 5.52 Å². The molecule has 2 aromatic heterocycles. The highest BCUT2D eigenvalue weighted by molar-refractivity contribution is 6.04. The summed E-state index contributed by atoms with van der Waals surface area (Å²) >= 11 is 0. The maximum absolute atomic E-state index is 13.0. The summed E-state index contributed by atoms with van der Waals surface area (Å²) in [5, 5.41) is 11.9. The van der Waals surface area contributed by atoms with Crippen LogP contribution in [0, 0.1) is 11.3 Å². The van der Waals surface area contributed by atoms with Crippen molar-refractivity contribution in [3.63, 3.8) is 0 Å². The molecule has 4 rings (SSSR count). The topological polar surface area (TPSA) is 122 Å². The van der Waals surface area contributed by atoms with Gasteiger partial charge in [-0.1, -0.05) is 6.07 Å². The van der Waals surface area contributed by atoms with Crippen molar-refractivity contribution in [2.45, 2.75) is 25.5 Å². The van der Waals surface area contributed by atoms with Gasteiger partial charge in [-0.05, 0) is 37.1 Å². The van der Waals surface area contributed by atoms with E-state index in [0.717, 1.165) is 6.42 Å². The molecule has 0 bridgehead atoms. The van der Waals surface area contributed by atoms with Gasteiger partial charge in [0.2, 0.25) is 5.95 Å². The fourth-order valence-electron chi connectivity index (χ4n) is 3.99. The summed E-state index contributed by atoms with van der Waals surface area (Å²) in [5.74, 6) is -0.197. The summed E-state index contributed by atoms with van der Waals surface area (Å²) in [6.07, 6.45) is 3.07. The van der Waals surface area contributed by atoms with Gasteiger partial charge in [-0.25, -0.2) is 9.97 Å². The molecular weight excluding hydrogens is 436 g/mol. The third-order valence-corrected chi connectivity index (χ3v) is 5.81. The Labute approximate surface area is 197 Å². The van der Waals surface area contributed by atoms with E-state index >= 15 is 0 Å². The summed E-state index contributed by atoms with van der Waals surface area (Å²) in [6.45, 7) is 2.22. The zero-order valence-electron chi connectivity index (χ0n) is 19.2. The molecule has 0 spiro atoms. The molecule has 0 aliphatic carbocycles. The molecule has 1 aliphatic rings. The van der Waals surface area contributed by atoms with Crippen molar-refractivity contribution >= 4 is 28.9 Å². The Hall–Kier alpha value is -3.81. The minimum atomic E-state index is -0.389. The summed E-state index contributed by atoms with van der Waals surface area (Å²) in [6, 6.07) is 10.2. The smallest absolute Gasteiger partial charge is 0.258 e.